The molecule has 3 rings (SSSR count). The summed E-state index contributed by atoms with van der Waals surface area (Å²) in [6, 6.07) is 8.16. The normalized spacial score (nSPS) is 15.7. The minimum atomic E-state index is -0.409. The Morgan fingerprint density at radius 3 is 2.70 bits per heavy atom. The fraction of sp³-hybridized carbons (Fsp3) is 0.389. The third-order valence-electron chi connectivity index (χ3n) is 4.48. The SMILES string of the molecule is Cc1ccccc1-c1cncc(C2CCN(C(=O)CO)CC2)n1. The van der Waals surface area contributed by atoms with Crippen LogP contribution in [0, 0.1) is 6.92 Å². The molecule has 0 unspecified atom stereocenters. The van der Waals surface area contributed by atoms with E-state index in [1.54, 1.807) is 11.1 Å². The lowest BCUT2D eigenvalue weighted by molar-refractivity contribution is -0.135. The maximum absolute atomic E-state index is 11.5. The van der Waals surface area contributed by atoms with Crippen LogP contribution in [-0.4, -0.2) is 45.6 Å². The van der Waals surface area contributed by atoms with Crippen LogP contribution < -0.4 is 0 Å². The van der Waals surface area contributed by atoms with E-state index in [0.29, 0.717) is 19.0 Å². The van der Waals surface area contributed by atoms with E-state index >= 15 is 0 Å². The number of carbonyl (C=O) groups excluding carboxylic acids is 1. The van der Waals surface area contributed by atoms with E-state index in [9.17, 15) is 4.79 Å². The van der Waals surface area contributed by atoms with Gasteiger partial charge < -0.3 is 10.0 Å². The van der Waals surface area contributed by atoms with Crippen LogP contribution in [0.5, 0.6) is 0 Å². The second-order valence-corrected chi connectivity index (χ2v) is 5.96. The van der Waals surface area contributed by atoms with Gasteiger partial charge in [0, 0.05) is 30.8 Å². The minimum absolute atomic E-state index is 0.191. The first-order chi connectivity index (χ1) is 11.2. The van der Waals surface area contributed by atoms with Crippen molar-refractivity contribution in [2.24, 2.45) is 0 Å². The molecule has 0 spiro atoms. The van der Waals surface area contributed by atoms with Gasteiger partial charge in [0.25, 0.3) is 0 Å². The third kappa shape index (κ3) is 3.40. The van der Waals surface area contributed by atoms with Gasteiger partial charge in [-0.15, -0.1) is 0 Å². The fourth-order valence-corrected chi connectivity index (χ4v) is 3.09. The number of piperidine rings is 1. The first kappa shape index (κ1) is 15.6. The van der Waals surface area contributed by atoms with Gasteiger partial charge in [-0.05, 0) is 25.3 Å². The molecule has 1 N–H and O–H groups in total. The molecule has 1 aromatic carbocycles. The van der Waals surface area contributed by atoms with E-state index in [-0.39, 0.29) is 5.91 Å². The molecule has 2 heterocycles. The van der Waals surface area contributed by atoms with Gasteiger partial charge >= 0.3 is 0 Å². The molecule has 1 fully saturated rings. The Labute approximate surface area is 136 Å². The van der Waals surface area contributed by atoms with E-state index in [0.717, 1.165) is 29.8 Å². The molecule has 0 atom stereocenters. The number of aromatic nitrogens is 2. The summed E-state index contributed by atoms with van der Waals surface area (Å²) in [7, 11) is 0. The number of hydrogen-bond donors (Lipinski definition) is 1. The first-order valence-electron chi connectivity index (χ1n) is 7.95. The molecule has 0 aliphatic carbocycles. The summed E-state index contributed by atoms with van der Waals surface area (Å²) in [6.45, 7) is 3.00. The summed E-state index contributed by atoms with van der Waals surface area (Å²) in [5.74, 6) is 0.123. The predicted octanol–water partition coefficient (Wildman–Crippen LogP) is 2.15. The van der Waals surface area contributed by atoms with E-state index < -0.39 is 6.61 Å². The van der Waals surface area contributed by atoms with Crippen molar-refractivity contribution in [3.63, 3.8) is 0 Å². The Bertz CT molecular complexity index is 694. The molecule has 5 heteroatoms. The number of rotatable bonds is 3. The number of aliphatic hydroxyl groups is 1. The average molecular weight is 311 g/mol. The molecule has 0 bridgehead atoms. The molecule has 1 aromatic heterocycles. The van der Waals surface area contributed by atoms with Crippen LogP contribution in [0.3, 0.4) is 0 Å². The molecule has 1 aliphatic heterocycles. The lowest BCUT2D eigenvalue weighted by Gasteiger charge is -2.31. The van der Waals surface area contributed by atoms with E-state index in [2.05, 4.69) is 24.0 Å². The molecule has 0 radical (unpaired) electrons. The number of nitrogens with zero attached hydrogens (tertiary/aromatic N) is 3. The quantitative estimate of drug-likeness (QED) is 0.943. The summed E-state index contributed by atoms with van der Waals surface area (Å²) >= 11 is 0. The van der Waals surface area contributed by atoms with E-state index in [1.807, 2.05) is 18.3 Å². The largest absolute Gasteiger partial charge is 0.387 e. The van der Waals surface area contributed by atoms with Gasteiger partial charge in [0.2, 0.25) is 5.91 Å². The number of aliphatic hydroxyl groups excluding tert-OH is 1. The monoisotopic (exact) mass is 311 g/mol. The first-order valence-corrected chi connectivity index (χ1v) is 7.95. The van der Waals surface area contributed by atoms with Crippen LogP contribution in [0.2, 0.25) is 0 Å². The Balaban J connectivity index is 1.77. The van der Waals surface area contributed by atoms with Crippen LogP contribution >= 0.6 is 0 Å². The number of hydrogen-bond acceptors (Lipinski definition) is 4. The molecule has 5 nitrogen and oxygen atoms in total. The summed E-state index contributed by atoms with van der Waals surface area (Å²) in [4.78, 5) is 22.4. The van der Waals surface area contributed by atoms with Gasteiger partial charge in [-0.1, -0.05) is 24.3 Å². The lowest BCUT2D eigenvalue weighted by atomic mass is 9.93. The van der Waals surface area contributed by atoms with E-state index in [1.165, 1.54) is 5.56 Å². The zero-order chi connectivity index (χ0) is 16.2. The zero-order valence-corrected chi connectivity index (χ0v) is 13.3. The molecule has 2 aromatic rings. The van der Waals surface area contributed by atoms with Crippen molar-refractivity contribution in [2.45, 2.75) is 25.7 Å². The van der Waals surface area contributed by atoms with Crippen molar-refractivity contribution in [1.29, 1.82) is 0 Å². The Morgan fingerprint density at radius 1 is 1.26 bits per heavy atom. The molecule has 0 saturated carbocycles. The van der Waals surface area contributed by atoms with Crippen LogP contribution in [0.4, 0.5) is 0 Å². The molecule has 1 saturated heterocycles. The van der Waals surface area contributed by atoms with Crippen LogP contribution in [-0.2, 0) is 4.79 Å². The average Bonchev–Trinajstić information content (AvgIpc) is 2.62. The molecule has 1 aliphatic rings. The zero-order valence-electron chi connectivity index (χ0n) is 13.3. The van der Waals surface area contributed by atoms with Crippen molar-refractivity contribution in [1.82, 2.24) is 14.9 Å². The Hall–Kier alpha value is -2.27. The van der Waals surface area contributed by atoms with Crippen molar-refractivity contribution in [2.75, 3.05) is 19.7 Å². The Kier molecular flexibility index (Phi) is 4.67. The second kappa shape index (κ2) is 6.87. The highest BCUT2D eigenvalue weighted by molar-refractivity contribution is 5.77. The highest BCUT2D eigenvalue weighted by Crippen LogP contribution is 2.28. The van der Waals surface area contributed by atoms with Crippen molar-refractivity contribution >= 4 is 5.91 Å². The van der Waals surface area contributed by atoms with Gasteiger partial charge in [-0.3, -0.25) is 9.78 Å². The Morgan fingerprint density at radius 2 is 2.00 bits per heavy atom. The minimum Gasteiger partial charge on any atom is -0.387 e. The van der Waals surface area contributed by atoms with Crippen LogP contribution in [0.1, 0.15) is 30.0 Å². The number of carbonyl (C=O) groups is 1. The number of benzene rings is 1. The second-order valence-electron chi connectivity index (χ2n) is 5.96. The molecule has 120 valence electrons. The molecular weight excluding hydrogens is 290 g/mol. The maximum atomic E-state index is 11.5. The van der Waals surface area contributed by atoms with E-state index in [4.69, 9.17) is 10.1 Å². The smallest absolute Gasteiger partial charge is 0.248 e. The summed E-state index contributed by atoms with van der Waals surface area (Å²) in [5, 5.41) is 8.94. The summed E-state index contributed by atoms with van der Waals surface area (Å²) in [5.41, 5.74) is 4.17. The predicted molar refractivity (Wildman–Crippen MR) is 87.8 cm³/mol. The third-order valence-corrected chi connectivity index (χ3v) is 4.48. The highest BCUT2D eigenvalue weighted by atomic mass is 16.3. The molecule has 23 heavy (non-hydrogen) atoms. The van der Waals surface area contributed by atoms with Crippen LogP contribution in [0.25, 0.3) is 11.3 Å². The molecular formula is C18H21N3O2. The van der Waals surface area contributed by atoms with Crippen molar-refractivity contribution in [3.05, 3.63) is 47.9 Å². The molecule has 1 amide bonds. The highest BCUT2D eigenvalue weighted by Gasteiger charge is 2.24. The standard InChI is InChI=1S/C18H21N3O2/c1-13-4-2-3-5-15(13)17-11-19-10-16(20-17)14-6-8-21(9-7-14)18(23)12-22/h2-5,10-11,14,22H,6-9,12H2,1H3. The van der Waals surface area contributed by atoms with Crippen LogP contribution in [0.15, 0.2) is 36.7 Å². The summed E-state index contributed by atoms with van der Waals surface area (Å²) in [6.07, 6.45) is 5.35. The topological polar surface area (TPSA) is 66.3 Å². The lowest BCUT2D eigenvalue weighted by Crippen LogP contribution is -2.39. The van der Waals surface area contributed by atoms with Gasteiger partial charge in [0.05, 0.1) is 17.6 Å². The number of amides is 1. The number of likely N-dealkylation sites (tertiary alicyclic amines) is 1. The van der Waals surface area contributed by atoms with Gasteiger partial charge in [0.15, 0.2) is 0 Å². The fourth-order valence-electron chi connectivity index (χ4n) is 3.09. The summed E-state index contributed by atoms with van der Waals surface area (Å²) < 4.78 is 0. The van der Waals surface area contributed by atoms with Crippen molar-refractivity contribution < 1.29 is 9.90 Å². The van der Waals surface area contributed by atoms with Gasteiger partial charge in [-0.2, -0.15) is 0 Å². The van der Waals surface area contributed by atoms with Gasteiger partial charge in [-0.25, -0.2) is 4.98 Å². The van der Waals surface area contributed by atoms with Gasteiger partial charge in [0.1, 0.15) is 6.61 Å². The maximum Gasteiger partial charge on any atom is 0.248 e. The number of aryl methyl sites for hydroxylation is 1. The van der Waals surface area contributed by atoms with Crippen molar-refractivity contribution in [3.8, 4) is 11.3 Å².